The lowest BCUT2D eigenvalue weighted by molar-refractivity contribution is -0.131. The van der Waals surface area contributed by atoms with E-state index in [9.17, 15) is 14.0 Å². The third-order valence-electron chi connectivity index (χ3n) is 4.22. The normalized spacial score (nSPS) is 10.5. The molecule has 0 aliphatic heterocycles. The number of carbonyl (C=O) groups is 2. The summed E-state index contributed by atoms with van der Waals surface area (Å²) < 4.78 is 35.9. The van der Waals surface area contributed by atoms with Crippen molar-refractivity contribution >= 4 is 11.9 Å². The number of hydrogen-bond donors (Lipinski definition) is 0. The monoisotopic (exact) mass is 428 g/mol. The summed E-state index contributed by atoms with van der Waals surface area (Å²) in [6.45, 7) is 10.4. The molecule has 0 aliphatic rings. The third kappa shape index (κ3) is 6.10. The van der Waals surface area contributed by atoms with Crippen molar-refractivity contribution in [1.82, 2.24) is 0 Å². The highest BCUT2D eigenvalue weighted by Gasteiger charge is 2.18. The van der Waals surface area contributed by atoms with Crippen LogP contribution in [0.25, 0.3) is 11.1 Å². The number of esters is 2. The van der Waals surface area contributed by atoms with Crippen LogP contribution in [0.3, 0.4) is 0 Å². The largest absolute Gasteiger partial charge is 0.423 e. The first-order valence-corrected chi connectivity index (χ1v) is 9.36. The van der Waals surface area contributed by atoms with Gasteiger partial charge < -0.3 is 18.9 Å². The molecule has 0 heterocycles. The second-order valence-electron chi connectivity index (χ2n) is 6.97. The highest BCUT2D eigenvalue weighted by molar-refractivity contribution is 5.89. The van der Waals surface area contributed by atoms with Gasteiger partial charge in [-0.3, -0.25) is 0 Å². The van der Waals surface area contributed by atoms with Crippen molar-refractivity contribution in [2.24, 2.45) is 0 Å². The van der Waals surface area contributed by atoms with E-state index in [1.165, 1.54) is 21.1 Å². The molecule has 0 saturated heterocycles. The van der Waals surface area contributed by atoms with E-state index in [2.05, 4.69) is 13.2 Å². The van der Waals surface area contributed by atoms with Crippen LogP contribution >= 0.6 is 0 Å². The lowest BCUT2D eigenvalue weighted by Gasteiger charge is -2.15. The van der Waals surface area contributed by atoms with Gasteiger partial charge in [-0.05, 0) is 37.6 Å². The maximum absolute atomic E-state index is 15.0. The molecule has 0 aromatic heterocycles. The summed E-state index contributed by atoms with van der Waals surface area (Å²) in [7, 11) is 2.98. The molecule has 6 nitrogen and oxygen atoms in total. The van der Waals surface area contributed by atoms with Gasteiger partial charge in [-0.15, -0.1) is 0 Å². The molecule has 0 unspecified atom stereocenters. The maximum Gasteiger partial charge on any atom is 0.338 e. The quantitative estimate of drug-likeness (QED) is 0.326. The Balaban J connectivity index is 2.51. The molecule has 0 bridgehead atoms. The molecular formula is C24H25FO6. The van der Waals surface area contributed by atoms with Gasteiger partial charge in [-0.2, -0.15) is 0 Å². The van der Waals surface area contributed by atoms with Gasteiger partial charge in [0.1, 0.15) is 17.3 Å². The minimum atomic E-state index is -0.657. The second kappa shape index (κ2) is 10.7. The molecule has 0 saturated carbocycles. The van der Waals surface area contributed by atoms with Crippen molar-refractivity contribution in [3.8, 4) is 22.6 Å². The SMILES string of the molecule is C=C(C)C(=O)Oc1ccc(-c2cc(COC)c(OC(=O)C(=C)C)cc2F)cc1COC. The number of rotatable bonds is 9. The van der Waals surface area contributed by atoms with Crippen molar-refractivity contribution in [3.05, 3.63) is 71.6 Å². The Morgan fingerprint density at radius 1 is 0.839 bits per heavy atom. The smallest absolute Gasteiger partial charge is 0.338 e. The molecule has 0 aliphatic carbocycles. The zero-order chi connectivity index (χ0) is 23.1. The molecule has 31 heavy (non-hydrogen) atoms. The number of carbonyl (C=O) groups excluding carboxylic acids is 2. The first-order valence-electron chi connectivity index (χ1n) is 9.36. The molecule has 0 atom stereocenters. The summed E-state index contributed by atoms with van der Waals surface area (Å²) in [5, 5.41) is 0. The van der Waals surface area contributed by atoms with Crippen molar-refractivity contribution in [2.75, 3.05) is 14.2 Å². The number of ether oxygens (including phenoxy) is 4. The van der Waals surface area contributed by atoms with Gasteiger partial charge in [-0.25, -0.2) is 14.0 Å². The molecule has 0 spiro atoms. The molecule has 0 fully saturated rings. The van der Waals surface area contributed by atoms with Crippen LogP contribution in [0.5, 0.6) is 11.5 Å². The highest BCUT2D eigenvalue weighted by Crippen LogP contribution is 2.34. The van der Waals surface area contributed by atoms with Crippen LogP contribution in [0, 0.1) is 5.82 Å². The molecule has 7 heteroatoms. The predicted octanol–water partition coefficient (Wildman–Crippen LogP) is 4.75. The predicted molar refractivity (Wildman–Crippen MR) is 114 cm³/mol. The van der Waals surface area contributed by atoms with E-state index in [0.29, 0.717) is 22.4 Å². The van der Waals surface area contributed by atoms with Gasteiger partial charge in [-0.1, -0.05) is 19.2 Å². The van der Waals surface area contributed by atoms with E-state index in [-0.39, 0.29) is 35.7 Å². The molecule has 0 N–H and O–H groups in total. The summed E-state index contributed by atoms with van der Waals surface area (Å²) in [6, 6.07) is 7.53. The molecule has 2 aromatic rings. The van der Waals surface area contributed by atoms with Crippen LogP contribution in [0.2, 0.25) is 0 Å². The first kappa shape index (κ1) is 24.0. The zero-order valence-electron chi connectivity index (χ0n) is 18.0. The van der Waals surface area contributed by atoms with E-state index in [0.717, 1.165) is 6.07 Å². The summed E-state index contributed by atoms with van der Waals surface area (Å²) in [6.07, 6.45) is 0. The van der Waals surface area contributed by atoms with Crippen LogP contribution in [0.4, 0.5) is 4.39 Å². The zero-order valence-corrected chi connectivity index (χ0v) is 18.0. The average molecular weight is 428 g/mol. The van der Waals surface area contributed by atoms with E-state index in [1.54, 1.807) is 31.2 Å². The van der Waals surface area contributed by atoms with Gasteiger partial charge in [0.2, 0.25) is 0 Å². The Morgan fingerprint density at radius 3 is 1.87 bits per heavy atom. The highest BCUT2D eigenvalue weighted by atomic mass is 19.1. The van der Waals surface area contributed by atoms with Crippen molar-refractivity contribution < 1.29 is 32.9 Å². The number of hydrogen-bond acceptors (Lipinski definition) is 6. The number of methoxy groups -OCH3 is 2. The van der Waals surface area contributed by atoms with Crippen LogP contribution in [-0.2, 0) is 32.3 Å². The van der Waals surface area contributed by atoms with Crippen molar-refractivity contribution in [2.45, 2.75) is 27.1 Å². The van der Waals surface area contributed by atoms with Crippen LogP contribution in [-0.4, -0.2) is 26.2 Å². The molecular weight excluding hydrogens is 403 g/mol. The van der Waals surface area contributed by atoms with Crippen LogP contribution < -0.4 is 9.47 Å². The topological polar surface area (TPSA) is 71.1 Å². The van der Waals surface area contributed by atoms with E-state index < -0.39 is 17.8 Å². The van der Waals surface area contributed by atoms with Gasteiger partial charge in [0.15, 0.2) is 0 Å². The molecule has 0 amide bonds. The molecule has 164 valence electrons. The molecule has 2 rings (SSSR count). The Labute approximate surface area is 180 Å². The van der Waals surface area contributed by atoms with Crippen LogP contribution in [0.15, 0.2) is 54.6 Å². The number of benzene rings is 2. The lowest BCUT2D eigenvalue weighted by Crippen LogP contribution is -2.11. The summed E-state index contributed by atoms with van der Waals surface area (Å²) in [4.78, 5) is 23.8. The summed E-state index contributed by atoms with van der Waals surface area (Å²) >= 11 is 0. The first-order chi connectivity index (χ1) is 14.7. The summed E-state index contributed by atoms with van der Waals surface area (Å²) in [5.41, 5.74) is 2.27. The minimum Gasteiger partial charge on any atom is -0.423 e. The van der Waals surface area contributed by atoms with Gasteiger partial charge >= 0.3 is 11.9 Å². The van der Waals surface area contributed by atoms with E-state index in [1.807, 2.05) is 0 Å². The fraction of sp³-hybridized carbons (Fsp3) is 0.250. The molecule has 0 radical (unpaired) electrons. The Bertz CT molecular complexity index is 1020. The second-order valence-corrected chi connectivity index (χ2v) is 6.97. The summed E-state index contributed by atoms with van der Waals surface area (Å²) in [5.74, 6) is -1.47. The van der Waals surface area contributed by atoms with Crippen LogP contribution in [0.1, 0.15) is 25.0 Å². The van der Waals surface area contributed by atoms with E-state index in [4.69, 9.17) is 18.9 Å². The maximum atomic E-state index is 15.0. The lowest BCUT2D eigenvalue weighted by atomic mass is 9.99. The Hall–Kier alpha value is -3.29. The van der Waals surface area contributed by atoms with Gasteiger partial charge in [0, 0.05) is 48.1 Å². The number of halogens is 1. The van der Waals surface area contributed by atoms with Crippen molar-refractivity contribution in [3.63, 3.8) is 0 Å². The fourth-order valence-corrected chi connectivity index (χ4v) is 2.67. The Kier molecular flexibility index (Phi) is 8.24. The standard InChI is InChI=1S/C24H25FO6/c1-14(2)23(26)30-21-8-7-16(9-17(21)12-28-5)19-10-18(13-29-6)22(11-20(19)25)31-24(27)15(3)4/h7-11H,1,3,12-13H2,2,4-6H3. The minimum absolute atomic E-state index is 0.0558. The Morgan fingerprint density at radius 2 is 1.35 bits per heavy atom. The molecule has 2 aromatic carbocycles. The van der Waals surface area contributed by atoms with Gasteiger partial charge in [0.25, 0.3) is 0 Å². The van der Waals surface area contributed by atoms with Crippen molar-refractivity contribution in [1.29, 1.82) is 0 Å². The van der Waals surface area contributed by atoms with Gasteiger partial charge in [0.05, 0.1) is 13.2 Å². The average Bonchev–Trinajstić information content (AvgIpc) is 2.71. The third-order valence-corrected chi connectivity index (χ3v) is 4.22. The fourth-order valence-electron chi connectivity index (χ4n) is 2.67. The van der Waals surface area contributed by atoms with E-state index >= 15 is 0 Å².